The van der Waals surface area contributed by atoms with Gasteiger partial charge in [0.05, 0.1) is 6.42 Å². The molecule has 0 N–H and O–H groups in total. The SMILES string of the molecule is O=C(CC(Cl)(Cl)Cl)C(F)(F)F. The van der Waals surface area contributed by atoms with Gasteiger partial charge < -0.3 is 0 Å². The van der Waals surface area contributed by atoms with Crippen LogP contribution in [0, 0.1) is 0 Å². The van der Waals surface area contributed by atoms with E-state index < -0.39 is 22.2 Å². The highest BCUT2D eigenvalue weighted by Gasteiger charge is 2.42. The first-order chi connectivity index (χ1) is 4.63. The van der Waals surface area contributed by atoms with Gasteiger partial charge in [0.1, 0.15) is 0 Å². The lowest BCUT2D eigenvalue weighted by Gasteiger charge is -2.10. The van der Waals surface area contributed by atoms with Crippen molar-refractivity contribution in [3.8, 4) is 0 Å². The molecule has 0 aliphatic rings. The van der Waals surface area contributed by atoms with E-state index in [0.717, 1.165) is 0 Å². The highest BCUT2D eigenvalue weighted by atomic mass is 35.6. The number of hydrogen-bond donors (Lipinski definition) is 0. The predicted octanol–water partition coefficient (Wildman–Crippen LogP) is 2.88. The van der Waals surface area contributed by atoms with Crippen LogP contribution in [0.3, 0.4) is 0 Å². The van der Waals surface area contributed by atoms with Gasteiger partial charge in [-0.15, -0.1) is 0 Å². The molecule has 0 aliphatic heterocycles. The highest BCUT2D eigenvalue weighted by molar-refractivity contribution is 6.68. The summed E-state index contributed by atoms with van der Waals surface area (Å²) >= 11 is 14.8. The molecule has 0 fully saturated rings. The van der Waals surface area contributed by atoms with Crippen molar-refractivity contribution in [3.05, 3.63) is 0 Å². The third-order valence-electron chi connectivity index (χ3n) is 0.677. The molecule has 11 heavy (non-hydrogen) atoms. The smallest absolute Gasteiger partial charge is 0.289 e. The maximum atomic E-state index is 11.5. The van der Waals surface area contributed by atoms with Crippen LogP contribution in [0.25, 0.3) is 0 Å². The summed E-state index contributed by atoms with van der Waals surface area (Å²) in [5, 5.41) is 0. The zero-order valence-corrected chi connectivity index (χ0v) is 7.15. The molecule has 0 aromatic heterocycles. The number of halogens is 6. The summed E-state index contributed by atoms with van der Waals surface area (Å²) in [6.07, 6.45) is -6.08. The number of ketones is 1. The fourth-order valence-corrected chi connectivity index (χ4v) is 0.646. The zero-order valence-electron chi connectivity index (χ0n) is 4.88. The number of carbonyl (C=O) groups is 1. The Morgan fingerprint density at radius 3 is 1.64 bits per heavy atom. The Morgan fingerprint density at radius 2 is 1.55 bits per heavy atom. The Bertz CT molecular complexity index is 159. The van der Waals surface area contributed by atoms with Crippen LogP contribution in [0.2, 0.25) is 0 Å². The topological polar surface area (TPSA) is 17.1 Å². The second-order valence-corrected chi connectivity index (χ2v) is 4.23. The van der Waals surface area contributed by atoms with Gasteiger partial charge in [-0.25, -0.2) is 0 Å². The van der Waals surface area contributed by atoms with Crippen LogP contribution in [-0.2, 0) is 4.79 Å². The molecule has 0 rings (SSSR count). The van der Waals surface area contributed by atoms with Crippen LogP contribution in [0.1, 0.15) is 6.42 Å². The highest BCUT2D eigenvalue weighted by Crippen LogP contribution is 2.33. The lowest BCUT2D eigenvalue weighted by Crippen LogP contribution is -2.26. The average Bonchev–Trinajstić information content (AvgIpc) is 1.56. The van der Waals surface area contributed by atoms with Crippen molar-refractivity contribution in [3.63, 3.8) is 0 Å². The van der Waals surface area contributed by atoms with Gasteiger partial charge in [0.15, 0.2) is 3.79 Å². The third kappa shape index (κ3) is 5.58. The van der Waals surface area contributed by atoms with Crippen LogP contribution in [0.4, 0.5) is 13.2 Å². The Kier molecular flexibility index (Phi) is 3.47. The van der Waals surface area contributed by atoms with Crippen molar-refractivity contribution < 1.29 is 18.0 Å². The monoisotopic (exact) mass is 228 g/mol. The van der Waals surface area contributed by atoms with Crippen LogP contribution < -0.4 is 0 Å². The van der Waals surface area contributed by atoms with Gasteiger partial charge in [-0.2, -0.15) is 13.2 Å². The number of rotatable bonds is 1. The molecule has 0 amide bonds. The van der Waals surface area contributed by atoms with Gasteiger partial charge >= 0.3 is 6.18 Å². The summed E-state index contributed by atoms with van der Waals surface area (Å²) in [5.74, 6) is -2.04. The molecule has 0 radical (unpaired) electrons. The molecule has 0 unspecified atom stereocenters. The standard InChI is InChI=1S/C4H2Cl3F3O/c5-3(6,7)1-2(11)4(8,9)10/h1H2. The Hall–Kier alpha value is 0.330. The van der Waals surface area contributed by atoms with Crippen molar-refractivity contribution >= 4 is 40.6 Å². The molecule has 7 heteroatoms. The molecule has 0 aliphatic carbocycles. The quantitative estimate of drug-likeness (QED) is 0.632. The molecule has 0 spiro atoms. The normalized spacial score (nSPS) is 13.3. The van der Waals surface area contributed by atoms with Crippen LogP contribution in [0.5, 0.6) is 0 Å². The fraction of sp³-hybridized carbons (Fsp3) is 0.750. The minimum Gasteiger partial charge on any atom is -0.289 e. The molecule has 66 valence electrons. The van der Waals surface area contributed by atoms with Crippen molar-refractivity contribution in [2.75, 3.05) is 0 Å². The Morgan fingerprint density at radius 1 is 1.18 bits per heavy atom. The number of alkyl halides is 6. The minimum absolute atomic E-state index is 1.15. The van der Waals surface area contributed by atoms with Crippen molar-refractivity contribution in [2.45, 2.75) is 16.4 Å². The van der Waals surface area contributed by atoms with Gasteiger partial charge in [0, 0.05) is 0 Å². The number of hydrogen-bond acceptors (Lipinski definition) is 1. The second-order valence-electron chi connectivity index (χ2n) is 1.71. The summed E-state index contributed by atoms with van der Waals surface area (Å²) in [4.78, 5) is 10.1. The van der Waals surface area contributed by atoms with Gasteiger partial charge in [-0.3, -0.25) is 4.79 Å². The first kappa shape index (κ1) is 11.3. The number of carbonyl (C=O) groups excluding carboxylic acids is 1. The molecule has 0 atom stereocenters. The van der Waals surface area contributed by atoms with E-state index in [1.165, 1.54) is 0 Å². The van der Waals surface area contributed by atoms with Crippen LogP contribution in [0.15, 0.2) is 0 Å². The van der Waals surface area contributed by atoms with Crippen LogP contribution >= 0.6 is 34.8 Å². The Balaban J connectivity index is 4.11. The molecule has 0 heterocycles. The third-order valence-corrected chi connectivity index (χ3v) is 1.08. The minimum atomic E-state index is -4.93. The van der Waals surface area contributed by atoms with Gasteiger partial charge in [0.25, 0.3) is 0 Å². The average molecular weight is 229 g/mol. The van der Waals surface area contributed by atoms with Gasteiger partial charge in [-0.1, -0.05) is 34.8 Å². The van der Waals surface area contributed by atoms with E-state index >= 15 is 0 Å². The molecule has 0 saturated heterocycles. The molecule has 1 nitrogen and oxygen atoms in total. The maximum Gasteiger partial charge on any atom is 0.450 e. The fourth-order valence-electron chi connectivity index (χ4n) is 0.282. The first-order valence-electron chi connectivity index (χ1n) is 2.30. The van der Waals surface area contributed by atoms with Gasteiger partial charge in [0.2, 0.25) is 5.78 Å². The molecular formula is C4H2Cl3F3O. The molecule has 0 saturated carbocycles. The molecule has 0 aromatic rings. The first-order valence-corrected chi connectivity index (χ1v) is 3.43. The van der Waals surface area contributed by atoms with Crippen molar-refractivity contribution in [1.82, 2.24) is 0 Å². The van der Waals surface area contributed by atoms with Crippen LogP contribution in [-0.4, -0.2) is 15.8 Å². The van der Waals surface area contributed by atoms with E-state index in [9.17, 15) is 18.0 Å². The van der Waals surface area contributed by atoms with Crippen molar-refractivity contribution in [2.24, 2.45) is 0 Å². The van der Waals surface area contributed by atoms with E-state index in [0.29, 0.717) is 0 Å². The van der Waals surface area contributed by atoms with E-state index in [1.807, 2.05) is 0 Å². The summed E-state index contributed by atoms with van der Waals surface area (Å²) in [5.41, 5.74) is 0. The lowest BCUT2D eigenvalue weighted by molar-refractivity contribution is -0.170. The van der Waals surface area contributed by atoms with Crippen molar-refractivity contribution in [1.29, 1.82) is 0 Å². The molecule has 0 aromatic carbocycles. The summed E-state index contributed by atoms with van der Waals surface area (Å²) in [6.45, 7) is 0. The Labute approximate surface area is 75.4 Å². The molecule has 0 bridgehead atoms. The van der Waals surface area contributed by atoms with E-state index in [4.69, 9.17) is 34.8 Å². The van der Waals surface area contributed by atoms with E-state index in [2.05, 4.69) is 0 Å². The van der Waals surface area contributed by atoms with Gasteiger partial charge in [-0.05, 0) is 0 Å². The zero-order chi connectivity index (χ0) is 9.28. The molecular weight excluding hydrogens is 227 g/mol. The van der Waals surface area contributed by atoms with E-state index in [-0.39, 0.29) is 0 Å². The summed E-state index contributed by atoms with van der Waals surface area (Å²) in [7, 11) is 0. The summed E-state index contributed by atoms with van der Waals surface area (Å²) < 4.78 is 32.2. The lowest BCUT2D eigenvalue weighted by atomic mass is 10.3. The largest absolute Gasteiger partial charge is 0.450 e. The number of Topliss-reactive ketones (excluding diaryl/α,β-unsaturated/α-hetero) is 1. The second kappa shape index (κ2) is 3.37. The van der Waals surface area contributed by atoms with E-state index in [1.54, 1.807) is 0 Å². The summed E-state index contributed by atoms with van der Waals surface area (Å²) in [6, 6.07) is 0. The predicted molar refractivity (Wildman–Crippen MR) is 36.0 cm³/mol. The maximum absolute atomic E-state index is 11.5.